The van der Waals surface area contributed by atoms with Gasteiger partial charge in [0.05, 0.1) is 5.56 Å². The number of carbonyl (C=O) groups is 1. The first-order chi connectivity index (χ1) is 8.25. The van der Waals surface area contributed by atoms with Crippen molar-refractivity contribution in [3.63, 3.8) is 0 Å². The van der Waals surface area contributed by atoms with Crippen LogP contribution < -0.4 is 0 Å². The lowest BCUT2D eigenvalue weighted by Crippen LogP contribution is -1.98. The van der Waals surface area contributed by atoms with Crippen molar-refractivity contribution < 1.29 is 9.21 Å². The second kappa shape index (κ2) is 3.59. The molecule has 0 bridgehead atoms. The molecule has 3 aromatic rings. The third kappa shape index (κ3) is 1.54. The van der Waals surface area contributed by atoms with Crippen molar-refractivity contribution in [2.75, 3.05) is 0 Å². The first-order valence-electron chi connectivity index (χ1n) is 5.28. The first-order valence-corrected chi connectivity index (χ1v) is 5.28. The second-order valence-corrected chi connectivity index (χ2v) is 3.86. The molecule has 0 saturated heterocycles. The molecule has 3 rings (SSSR count). The van der Waals surface area contributed by atoms with E-state index in [9.17, 15) is 4.79 Å². The summed E-state index contributed by atoms with van der Waals surface area (Å²) in [4.78, 5) is 19.3. The fourth-order valence-corrected chi connectivity index (χ4v) is 1.84. The zero-order valence-electron chi connectivity index (χ0n) is 9.23. The Labute approximate surface area is 97.3 Å². The number of pyridine rings is 1. The number of ketones is 1. The molecule has 0 aliphatic carbocycles. The molecule has 3 aromatic heterocycles. The molecule has 4 nitrogen and oxygen atoms in total. The molecule has 4 heteroatoms. The van der Waals surface area contributed by atoms with E-state index in [0.717, 1.165) is 16.7 Å². The number of H-pyrrole nitrogens is 1. The fourth-order valence-electron chi connectivity index (χ4n) is 1.84. The highest BCUT2D eigenvalue weighted by Gasteiger charge is 2.16. The van der Waals surface area contributed by atoms with Gasteiger partial charge in [-0.2, -0.15) is 0 Å². The van der Waals surface area contributed by atoms with E-state index in [0.29, 0.717) is 11.3 Å². The monoisotopic (exact) mass is 226 g/mol. The van der Waals surface area contributed by atoms with Gasteiger partial charge in [0, 0.05) is 29.5 Å². The highest BCUT2D eigenvalue weighted by atomic mass is 16.3. The summed E-state index contributed by atoms with van der Waals surface area (Å²) in [6, 6.07) is 5.30. The summed E-state index contributed by atoms with van der Waals surface area (Å²) in [6.07, 6.45) is 5.05. The average Bonchev–Trinajstić information content (AvgIpc) is 2.94. The number of nitrogens with one attached hydrogen (secondary N) is 1. The number of rotatable bonds is 2. The number of fused-ring (bicyclic) bond motifs is 1. The maximum atomic E-state index is 12.2. The van der Waals surface area contributed by atoms with Crippen molar-refractivity contribution in [3.05, 3.63) is 53.9 Å². The molecule has 0 fully saturated rings. The van der Waals surface area contributed by atoms with Gasteiger partial charge in [-0.1, -0.05) is 0 Å². The number of furan rings is 1. The van der Waals surface area contributed by atoms with E-state index in [1.807, 2.05) is 13.0 Å². The van der Waals surface area contributed by atoms with Gasteiger partial charge in [0.25, 0.3) is 0 Å². The Hall–Kier alpha value is -2.36. The van der Waals surface area contributed by atoms with E-state index < -0.39 is 0 Å². The molecule has 0 saturated carbocycles. The Kier molecular flexibility index (Phi) is 2.08. The van der Waals surface area contributed by atoms with Crippen LogP contribution in [0.2, 0.25) is 0 Å². The van der Waals surface area contributed by atoms with Crippen molar-refractivity contribution in [2.24, 2.45) is 0 Å². The van der Waals surface area contributed by atoms with Crippen LogP contribution in [0.25, 0.3) is 10.9 Å². The number of aromatic amines is 1. The zero-order chi connectivity index (χ0) is 11.8. The fraction of sp³-hybridized carbons (Fsp3) is 0.0769. The van der Waals surface area contributed by atoms with Crippen LogP contribution in [-0.4, -0.2) is 15.8 Å². The number of aromatic nitrogens is 2. The van der Waals surface area contributed by atoms with Crippen molar-refractivity contribution >= 4 is 16.7 Å². The number of aryl methyl sites for hydroxylation is 1. The maximum Gasteiger partial charge on any atom is 0.230 e. The lowest BCUT2D eigenvalue weighted by atomic mass is 10.1. The summed E-state index contributed by atoms with van der Waals surface area (Å²) < 4.78 is 5.33. The smallest absolute Gasteiger partial charge is 0.230 e. The molecule has 3 heterocycles. The van der Waals surface area contributed by atoms with Crippen LogP contribution in [0.1, 0.15) is 21.9 Å². The zero-order valence-corrected chi connectivity index (χ0v) is 9.23. The van der Waals surface area contributed by atoms with Crippen molar-refractivity contribution in [1.29, 1.82) is 0 Å². The van der Waals surface area contributed by atoms with Crippen LogP contribution in [0.5, 0.6) is 0 Å². The molecular formula is C13H10N2O2. The van der Waals surface area contributed by atoms with Gasteiger partial charge in [-0.25, -0.2) is 0 Å². The third-order valence-electron chi connectivity index (χ3n) is 2.69. The normalized spacial score (nSPS) is 10.9. The topological polar surface area (TPSA) is 58.9 Å². The third-order valence-corrected chi connectivity index (χ3v) is 2.69. The van der Waals surface area contributed by atoms with Crippen LogP contribution >= 0.6 is 0 Å². The van der Waals surface area contributed by atoms with Crippen molar-refractivity contribution in [2.45, 2.75) is 6.92 Å². The summed E-state index contributed by atoms with van der Waals surface area (Å²) in [5.74, 6) is 0.955. The standard InChI is InChI=1S/C13H10N2O2/c1-8-2-3-12(17-8)13(16)10-7-15-11-4-5-14-6-9(10)11/h2-7,15H,1H3. The lowest BCUT2D eigenvalue weighted by Gasteiger charge is -1.94. The first kappa shape index (κ1) is 9.84. The van der Waals surface area contributed by atoms with E-state index in [1.54, 1.807) is 30.7 Å². The minimum Gasteiger partial charge on any atom is -0.458 e. The maximum absolute atomic E-state index is 12.2. The molecule has 84 valence electrons. The predicted octanol–water partition coefficient (Wildman–Crippen LogP) is 2.70. The Morgan fingerprint density at radius 3 is 3.00 bits per heavy atom. The van der Waals surface area contributed by atoms with E-state index in [-0.39, 0.29) is 5.78 Å². The van der Waals surface area contributed by atoms with Gasteiger partial charge in [-0.3, -0.25) is 9.78 Å². The van der Waals surface area contributed by atoms with E-state index in [4.69, 9.17) is 4.42 Å². The Bertz CT molecular complexity index is 694. The molecule has 17 heavy (non-hydrogen) atoms. The number of carbonyl (C=O) groups excluding carboxylic acids is 1. The summed E-state index contributed by atoms with van der Waals surface area (Å²) in [6.45, 7) is 1.81. The summed E-state index contributed by atoms with van der Waals surface area (Å²) in [5.41, 5.74) is 1.48. The SMILES string of the molecule is Cc1ccc(C(=O)c2c[nH]c3ccncc23)o1. The van der Waals surface area contributed by atoms with Gasteiger partial charge in [-0.15, -0.1) is 0 Å². The minimum absolute atomic E-state index is 0.127. The molecular weight excluding hydrogens is 216 g/mol. The van der Waals surface area contributed by atoms with Crippen LogP contribution in [0.3, 0.4) is 0 Å². The Morgan fingerprint density at radius 1 is 1.35 bits per heavy atom. The van der Waals surface area contributed by atoms with Gasteiger partial charge >= 0.3 is 0 Å². The van der Waals surface area contributed by atoms with Gasteiger partial charge < -0.3 is 9.40 Å². The largest absolute Gasteiger partial charge is 0.458 e. The minimum atomic E-state index is -0.127. The summed E-state index contributed by atoms with van der Waals surface area (Å²) in [7, 11) is 0. The molecule has 0 spiro atoms. The molecule has 0 atom stereocenters. The molecule has 0 unspecified atom stereocenters. The summed E-state index contributed by atoms with van der Waals surface area (Å²) >= 11 is 0. The summed E-state index contributed by atoms with van der Waals surface area (Å²) in [5, 5.41) is 0.812. The average molecular weight is 226 g/mol. The van der Waals surface area contributed by atoms with Gasteiger partial charge in [0.15, 0.2) is 5.76 Å². The van der Waals surface area contributed by atoms with E-state index >= 15 is 0 Å². The van der Waals surface area contributed by atoms with E-state index in [1.165, 1.54) is 0 Å². The highest BCUT2D eigenvalue weighted by molar-refractivity contribution is 6.14. The number of hydrogen-bond acceptors (Lipinski definition) is 3. The van der Waals surface area contributed by atoms with Crippen LogP contribution in [0, 0.1) is 6.92 Å². The van der Waals surface area contributed by atoms with Crippen molar-refractivity contribution in [1.82, 2.24) is 9.97 Å². The molecule has 0 radical (unpaired) electrons. The highest BCUT2D eigenvalue weighted by Crippen LogP contribution is 2.20. The van der Waals surface area contributed by atoms with Crippen molar-refractivity contribution in [3.8, 4) is 0 Å². The van der Waals surface area contributed by atoms with Crippen LogP contribution in [0.4, 0.5) is 0 Å². The van der Waals surface area contributed by atoms with Crippen LogP contribution in [-0.2, 0) is 0 Å². The molecule has 0 amide bonds. The molecule has 1 N–H and O–H groups in total. The van der Waals surface area contributed by atoms with Gasteiger partial charge in [-0.05, 0) is 25.1 Å². The number of hydrogen-bond donors (Lipinski definition) is 1. The van der Waals surface area contributed by atoms with Gasteiger partial charge in [0.1, 0.15) is 5.76 Å². The predicted molar refractivity (Wildman–Crippen MR) is 63.0 cm³/mol. The van der Waals surface area contributed by atoms with Gasteiger partial charge in [0.2, 0.25) is 5.78 Å². The second-order valence-electron chi connectivity index (χ2n) is 3.86. The van der Waals surface area contributed by atoms with Crippen LogP contribution in [0.15, 0.2) is 41.2 Å². The van der Waals surface area contributed by atoms with E-state index in [2.05, 4.69) is 9.97 Å². The number of nitrogens with zero attached hydrogens (tertiary/aromatic N) is 1. The molecule has 0 aliphatic heterocycles. The Morgan fingerprint density at radius 2 is 2.24 bits per heavy atom. The molecule has 0 aromatic carbocycles. The Balaban J connectivity index is 2.13. The lowest BCUT2D eigenvalue weighted by molar-refractivity contribution is 0.101. The molecule has 0 aliphatic rings. The quantitative estimate of drug-likeness (QED) is 0.683.